The van der Waals surface area contributed by atoms with E-state index in [2.05, 4.69) is 12.2 Å². The molecule has 1 unspecified atom stereocenters. The van der Waals surface area contributed by atoms with Crippen molar-refractivity contribution in [2.24, 2.45) is 5.92 Å². The number of rotatable bonds is 1. The van der Waals surface area contributed by atoms with E-state index in [0.29, 0.717) is 0 Å². The lowest BCUT2D eigenvalue weighted by atomic mass is 9.96. The fourth-order valence-corrected chi connectivity index (χ4v) is 1.70. The number of hydrogen-bond acceptors (Lipinski definition) is 1. The quantitative estimate of drug-likeness (QED) is 0.568. The highest BCUT2D eigenvalue weighted by Crippen LogP contribution is 2.18. The Morgan fingerprint density at radius 3 is 2.77 bits per heavy atom. The van der Waals surface area contributed by atoms with Crippen LogP contribution in [-0.2, 0) is 4.79 Å². The highest BCUT2D eigenvalue weighted by atomic mass is 16.2. The van der Waals surface area contributed by atoms with Crippen LogP contribution in [0, 0.1) is 5.92 Å². The van der Waals surface area contributed by atoms with Crippen molar-refractivity contribution in [3.05, 3.63) is 12.2 Å². The molecule has 0 fully saturated rings. The van der Waals surface area contributed by atoms with Gasteiger partial charge in [-0.05, 0) is 19.3 Å². The van der Waals surface area contributed by atoms with Gasteiger partial charge in [0.05, 0.1) is 5.92 Å². The smallest absolute Gasteiger partial charge is 0.228 e. The van der Waals surface area contributed by atoms with Crippen molar-refractivity contribution in [1.29, 1.82) is 0 Å². The van der Waals surface area contributed by atoms with Gasteiger partial charge < -0.3 is 4.90 Å². The average molecular weight is 181 g/mol. The molecule has 1 aliphatic rings. The molecule has 0 aliphatic heterocycles. The number of nitrogens with zero attached hydrogens (tertiary/aromatic N) is 1. The molecule has 0 spiro atoms. The van der Waals surface area contributed by atoms with E-state index in [4.69, 9.17) is 0 Å². The second-order valence-electron chi connectivity index (χ2n) is 3.91. The molecular formula is C11H19NO. The van der Waals surface area contributed by atoms with Crippen molar-refractivity contribution < 1.29 is 4.79 Å². The third-order valence-electron chi connectivity index (χ3n) is 2.51. The van der Waals surface area contributed by atoms with E-state index in [1.54, 1.807) is 4.90 Å². The molecule has 74 valence electrons. The molecule has 2 nitrogen and oxygen atoms in total. The highest BCUT2D eigenvalue weighted by molar-refractivity contribution is 5.79. The van der Waals surface area contributed by atoms with Crippen LogP contribution in [0.5, 0.6) is 0 Å². The minimum Gasteiger partial charge on any atom is -0.348 e. The fraction of sp³-hybridized carbons (Fsp3) is 0.727. The second kappa shape index (κ2) is 5.05. The zero-order valence-electron chi connectivity index (χ0n) is 8.62. The summed E-state index contributed by atoms with van der Waals surface area (Å²) in [5.74, 6) is 0.383. The first-order valence-corrected chi connectivity index (χ1v) is 5.09. The van der Waals surface area contributed by atoms with Gasteiger partial charge in [-0.1, -0.05) is 25.0 Å². The predicted octanol–water partition coefficient (Wildman–Crippen LogP) is 2.21. The standard InChI is InChI=1S/C11H19NO/c1-12(2)11(13)10-8-6-4-3-5-7-9-10/h6,8,10H,3-5,7,9H2,1-2H3/b8-6-. The van der Waals surface area contributed by atoms with Crippen LogP contribution in [-0.4, -0.2) is 24.9 Å². The van der Waals surface area contributed by atoms with Gasteiger partial charge in [-0.25, -0.2) is 0 Å². The Morgan fingerprint density at radius 1 is 1.31 bits per heavy atom. The minimum atomic E-state index is 0.135. The topological polar surface area (TPSA) is 20.3 Å². The van der Waals surface area contributed by atoms with E-state index in [1.165, 1.54) is 19.3 Å². The first-order chi connectivity index (χ1) is 6.22. The normalized spacial score (nSPS) is 25.8. The van der Waals surface area contributed by atoms with E-state index in [9.17, 15) is 4.79 Å². The zero-order chi connectivity index (χ0) is 9.68. The molecule has 1 rings (SSSR count). The molecule has 0 radical (unpaired) electrons. The summed E-state index contributed by atoms with van der Waals surface area (Å²) in [6.45, 7) is 0. The lowest BCUT2D eigenvalue weighted by molar-refractivity contribution is -0.131. The summed E-state index contributed by atoms with van der Waals surface area (Å²) in [4.78, 5) is 13.3. The fourth-order valence-electron chi connectivity index (χ4n) is 1.70. The van der Waals surface area contributed by atoms with Crippen LogP contribution in [0.25, 0.3) is 0 Å². The summed E-state index contributed by atoms with van der Waals surface area (Å²) in [6, 6.07) is 0. The van der Waals surface area contributed by atoms with E-state index < -0.39 is 0 Å². The van der Waals surface area contributed by atoms with Gasteiger partial charge in [0.25, 0.3) is 0 Å². The van der Waals surface area contributed by atoms with Crippen molar-refractivity contribution >= 4 is 5.91 Å². The van der Waals surface area contributed by atoms with Gasteiger partial charge >= 0.3 is 0 Å². The van der Waals surface area contributed by atoms with Gasteiger partial charge in [0.1, 0.15) is 0 Å². The molecule has 0 aromatic carbocycles. The molecule has 2 heteroatoms. The van der Waals surface area contributed by atoms with Gasteiger partial charge in [-0.2, -0.15) is 0 Å². The monoisotopic (exact) mass is 181 g/mol. The van der Waals surface area contributed by atoms with Crippen LogP contribution < -0.4 is 0 Å². The number of hydrogen-bond donors (Lipinski definition) is 0. The first-order valence-electron chi connectivity index (χ1n) is 5.09. The number of carbonyl (C=O) groups is 1. The maximum Gasteiger partial charge on any atom is 0.228 e. The van der Waals surface area contributed by atoms with Crippen molar-refractivity contribution in [2.75, 3.05) is 14.1 Å². The Bertz CT molecular complexity index is 196. The number of allylic oxidation sites excluding steroid dienone is 1. The lowest BCUT2D eigenvalue weighted by Gasteiger charge is -2.18. The van der Waals surface area contributed by atoms with Gasteiger partial charge in [0.2, 0.25) is 5.91 Å². The lowest BCUT2D eigenvalue weighted by Crippen LogP contribution is -2.28. The Balaban J connectivity index is 2.55. The number of amides is 1. The molecule has 0 bridgehead atoms. The van der Waals surface area contributed by atoms with Gasteiger partial charge in [0.15, 0.2) is 0 Å². The second-order valence-corrected chi connectivity index (χ2v) is 3.91. The third-order valence-corrected chi connectivity index (χ3v) is 2.51. The van der Waals surface area contributed by atoms with E-state index in [1.807, 2.05) is 14.1 Å². The summed E-state index contributed by atoms with van der Waals surface area (Å²) >= 11 is 0. The maximum atomic E-state index is 11.6. The predicted molar refractivity (Wildman–Crippen MR) is 54.4 cm³/mol. The van der Waals surface area contributed by atoms with Crippen molar-refractivity contribution in [1.82, 2.24) is 4.90 Å². The van der Waals surface area contributed by atoms with Crippen LogP contribution in [0.15, 0.2) is 12.2 Å². The molecule has 0 N–H and O–H groups in total. The maximum absolute atomic E-state index is 11.6. The minimum absolute atomic E-state index is 0.135. The SMILES string of the molecule is CN(C)C(=O)C1/C=C\CCCCC1. The van der Waals surface area contributed by atoms with Crippen molar-refractivity contribution in [3.8, 4) is 0 Å². The van der Waals surface area contributed by atoms with E-state index in [-0.39, 0.29) is 11.8 Å². The Labute approximate surface area is 80.6 Å². The highest BCUT2D eigenvalue weighted by Gasteiger charge is 2.17. The largest absolute Gasteiger partial charge is 0.348 e. The van der Waals surface area contributed by atoms with Crippen LogP contribution >= 0.6 is 0 Å². The van der Waals surface area contributed by atoms with Crippen molar-refractivity contribution in [3.63, 3.8) is 0 Å². The molecule has 1 aliphatic carbocycles. The molecule has 1 amide bonds. The number of carbonyl (C=O) groups excluding carboxylic acids is 1. The Kier molecular flexibility index (Phi) is 4.00. The molecule has 13 heavy (non-hydrogen) atoms. The summed E-state index contributed by atoms with van der Waals surface area (Å²) in [5.41, 5.74) is 0. The molecule has 0 heterocycles. The van der Waals surface area contributed by atoms with Gasteiger partial charge in [0, 0.05) is 14.1 Å². The summed E-state index contributed by atoms with van der Waals surface area (Å²) in [7, 11) is 3.66. The van der Waals surface area contributed by atoms with Crippen LogP contribution in [0.2, 0.25) is 0 Å². The van der Waals surface area contributed by atoms with Crippen LogP contribution in [0.3, 0.4) is 0 Å². The molecule has 0 aromatic rings. The molecule has 1 atom stereocenters. The van der Waals surface area contributed by atoms with Crippen LogP contribution in [0.4, 0.5) is 0 Å². The molecular weight excluding hydrogens is 162 g/mol. The summed E-state index contributed by atoms with van der Waals surface area (Å²) < 4.78 is 0. The molecule has 0 saturated carbocycles. The van der Waals surface area contributed by atoms with E-state index >= 15 is 0 Å². The van der Waals surface area contributed by atoms with Gasteiger partial charge in [-0.15, -0.1) is 0 Å². The zero-order valence-corrected chi connectivity index (χ0v) is 8.62. The Hall–Kier alpha value is -0.790. The third kappa shape index (κ3) is 3.21. The Morgan fingerprint density at radius 2 is 2.08 bits per heavy atom. The first kappa shape index (κ1) is 10.3. The van der Waals surface area contributed by atoms with Crippen molar-refractivity contribution in [2.45, 2.75) is 32.1 Å². The summed E-state index contributed by atoms with van der Waals surface area (Å²) in [6.07, 6.45) is 10.1. The van der Waals surface area contributed by atoms with E-state index in [0.717, 1.165) is 12.8 Å². The molecule has 0 aromatic heterocycles. The molecule has 0 saturated heterocycles. The summed E-state index contributed by atoms with van der Waals surface area (Å²) in [5, 5.41) is 0. The average Bonchev–Trinajstić information content (AvgIpc) is 2.02. The van der Waals surface area contributed by atoms with Crippen LogP contribution in [0.1, 0.15) is 32.1 Å². The van der Waals surface area contributed by atoms with Gasteiger partial charge in [-0.3, -0.25) is 4.79 Å².